The molecule has 1 N–H and O–H groups in total. The first-order chi connectivity index (χ1) is 8.21. The number of pyridine rings is 1. The minimum absolute atomic E-state index is 0.527. The third-order valence-corrected chi connectivity index (χ3v) is 3.24. The van der Waals surface area contributed by atoms with Crippen molar-refractivity contribution >= 4 is 11.6 Å². The topological polar surface area (TPSA) is 63.8 Å². The van der Waals surface area contributed by atoms with E-state index < -0.39 is 11.6 Å². The van der Waals surface area contributed by atoms with Crippen LogP contribution in [0.3, 0.4) is 0 Å². The maximum atomic E-state index is 11.2. The number of fused-ring (bicyclic) bond motifs is 1. The number of hydrogen-bond acceptors (Lipinski definition) is 3. The Hall–Kier alpha value is -2.04. The molecule has 0 atom stereocenters. The van der Waals surface area contributed by atoms with E-state index in [1.807, 2.05) is 16.7 Å². The van der Waals surface area contributed by atoms with Crippen molar-refractivity contribution in [1.82, 2.24) is 9.38 Å². The Morgan fingerprint density at radius 2 is 2.29 bits per heavy atom. The first kappa shape index (κ1) is 10.1. The van der Waals surface area contributed by atoms with Crippen LogP contribution in [0.25, 0.3) is 5.65 Å². The zero-order valence-corrected chi connectivity index (χ0v) is 9.17. The van der Waals surface area contributed by atoms with Crippen LogP contribution in [0.2, 0.25) is 0 Å². The van der Waals surface area contributed by atoms with E-state index in [-0.39, 0.29) is 0 Å². The molecule has 0 radical (unpaired) electrons. The molecule has 0 saturated heterocycles. The van der Waals surface area contributed by atoms with Crippen LogP contribution in [-0.2, 0) is 4.79 Å². The summed E-state index contributed by atoms with van der Waals surface area (Å²) in [6, 6.07) is 3.57. The highest BCUT2D eigenvalue weighted by molar-refractivity contribution is 5.79. The van der Waals surface area contributed by atoms with Crippen LogP contribution >= 0.6 is 0 Å². The molecule has 1 saturated carbocycles. The molecule has 5 heteroatoms. The highest BCUT2D eigenvalue weighted by Crippen LogP contribution is 2.37. The van der Waals surface area contributed by atoms with Crippen LogP contribution in [0.15, 0.2) is 30.7 Å². The van der Waals surface area contributed by atoms with Gasteiger partial charge in [-0.25, -0.2) is 9.78 Å². The number of nitrogens with zero attached hydrogens (tertiary/aromatic N) is 2. The molecular formula is C12H12N2O3. The van der Waals surface area contributed by atoms with Crippen molar-refractivity contribution in [2.75, 3.05) is 0 Å². The van der Waals surface area contributed by atoms with Gasteiger partial charge in [0.2, 0.25) is 5.60 Å². The molecule has 1 aliphatic rings. The van der Waals surface area contributed by atoms with Crippen molar-refractivity contribution in [3.63, 3.8) is 0 Å². The van der Waals surface area contributed by atoms with Crippen molar-refractivity contribution in [3.8, 4) is 5.75 Å². The van der Waals surface area contributed by atoms with Crippen molar-refractivity contribution in [2.45, 2.75) is 24.9 Å². The SMILES string of the molecule is O=C(O)C1(Oc2cccn3ccnc23)CCC1. The maximum absolute atomic E-state index is 11.2. The summed E-state index contributed by atoms with van der Waals surface area (Å²) in [6.07, 6.45) is 7.33. The lowest BCUT2D eigenvalue weighted by atomic mass is 9.80. The summed E-state index contributed by atoms with van der Waals surface area (Å²) in [5, 5.41) is 9.22. The third kappa shape index (κ3) is 1.46. The molecular weight excluding hydrogens is 220 g/mol. The fourth-order valence-electron chi connectivity index (χ4n) is 2.07. The molecule has 3 rings (SSSR count). The molecule has 0 unspecified atom stereocenters. The van der Waals surface area contributed by atoms with Crippen LogP contribution in [0.1, 0.15) is 19.3 Å². The molecule has 2 aromatic heterocycles. The molecule has 1 fully saturated rings. The Kier molecular flexibility index (Phi) is 2.07. The normalized spacial score (nSPS) is 17.6. The summed E-state index contributed by atoms with van der Waals surface area (Å²) >= 11 is 0. The number of carboxylic acid groups (broad SMARTS) is 1. The average molecular weight is 232 g/mol. The van der Waals surface area contributed by atoms with Gasteiger partial charge in [0, 0.05) is 18.6 Å². The molecule has 0 aromatic carbocycles. The van der Waals surface area contributed by atoms with Gasteiger partial charge in [0.05, 0.1) is 0 Å². The molecule has 17 heavy (non-hydrogen) atoms. The second kappa shape index (κ2) is 3.48. The second-order valence-corrected chi connectivity index (χ2v) is 4.29. The predicted octanol–water partition coefficient (Wildman–Crippen LogP) is 1.72. The summed E-state index contributed by atoms with van der Waals surface area (Å²) in [4.78, 5) is 15.4. The molecule has 0 spiro atoms. The van der Waals surface area contributed by atoms with E-state index in [4.69, 9.17) is 4.74 Å². The Labute approximate surface area is 97.7 Å². The van der Waals surface area contributed by atoms with Crippen LogP contribution in [-0.4, -0.2) is 26.1 Å². The number of imidazole rings is 1. The van der Waals surface area contributed by atoms with Crippen LogP contribution in [0.5, 0.6) is 5.75 Å². The number of carboxylic acids is 1. The summed E-state index contributed by atoms with van der Waals surface area (Å²) < 4.78 is 7.50. The summed E-state index contributed by atoms with van der Waals surface area (Å²) in [6.45, 7) is 0. The lowest BCUT2D eigenvalue weighted by Crippen LogP contribution is -2.50. The van der Waals surface area contributed by atoms with Crippen LogP contribution < -0.4 is 4.74 Å². The van der Waals surface area contributed by atoms with Gasteiger partial charge in [-0.15, -0.1) is 0 Å². The Bertz CT molecular complexity index is 572. The Morgan fingerprint density at radius 3 is 2.94 bits per heavy atom. The van der Waals surface area contributed by atoms with Crippen LogP contribution in [0.4, 0.5) is 0 Å². The van der Waals surface area contributed by atoms with Crippen molar-refractivity contribution < 1.29 is 14.6 Å². The van der Waals surface area contributed by atoms with E-state index in [1.54, 1.807) is 18.5 Å². The maximum Gasteiger partial charge on any atom is 0.348 e. The Morgan fingerprint density at radius 1 is 1.47 bits per heavy atom. The summed E-state index contributed by atoms with van der Waals surface area (Å²) in [5.74, 6) is -0.364. The van der Waals surface area contributed by atoms with Crippen LogP contribution in [0, 0.1) is 0 Å². The second-order valence-electron chi connectivity index (χ2n) is 4.29. The van der Waals surface area contributed by atoms with E-state index in [2.05, 4.69) is 4.98 Å². The molecule has 0 amide bonds. The van der Waals surface area contributed by atoms with Crippen molar-refractivity contribution in [3.05, 3.63) is 30.7 Å². The molecule has 2 heterocycles. The van der Waals surface area contributed by atoms with Crippen molar-refractivity contribution in [1.29, 1.82) is 0 Å². The smallest absolute Gasteiger partial charge is 0.348 e. The minimum atomic E-state index is -1.05. The Balaban J connectivity index is 1.99. The highest BCUT2D eigenvalue weighted by Gasteiger charge is 2.47. The fraction of sp³-hybridized carbons (Fsp3) is 0.333. The molecule has 0 aliphatic heterocycles. The zero-order valence-electron chi connectivity index (χ0n) is 9.17. The standard InChI is InChI=1S/C12H12N2O3/c15-11(16)12(4-2-5-12)17-9-3-1-7-14-8-6-13-10(9)14/h1,3,6-8H,2,4-5H2,(H,15,16). The zero-order chi connectivity index (χ0) is 11.9. The fourth-order valence-corrected chi connectivity index (χ4v) is 2.07. The number of rotatable bonds is 3. The lowest BCUT2D eigenvalue weighted by molar-refractivity contribution is -0.163. The van der Waals surface area contributed by atoms with E-state index in [1.165, 1.54) is 0 Å². The number of carbonyl (C=O) groups is 1. The lowest BCUT2D eigenvalue weighted by Gasteiger charge is -2.37. The summed E-state index contributed by atoms with van der Waals surface area (Å²) in [7, 11) is 0. The first-order valence-electron chi connectivity index (χ1n) is 5.55. The van der Waals surface area contributed by atoms with E-state index >= 15 is 0 Å². The van der Waals surface area contributed by atoms with Gasteiger partial charge >= 0.3 is 5.97 Å². The number of hydrogen-bond donors (Lipinski definition) is 1. The van der Waals surface area contributed by atoms with Gasteiger partial charge in [0.15, 0.2) is 11.4 Å². The van der Waals surface area contributed by atoms with Gasteiger partial charge in [-0.05, 0) is 31.4 Å². The third-order valence-electron chi connectivity index (χ3n) is 3.24. The molecule has 1 aliphatic carbocycles. The number of aromatic nitrogens is 2. The molecule has 0 bridgehead atoms. The number of ether oxygens (including phenoxy) is 1. The van der Waals surface area contributed by atoms with Gasteiger partial charge in [-0.3, -0.25) is 0 Å². The minimum Gasteiger partial charge on any atom is -0.478 e. The van der Waals surface area contributed by atoms with E-state index in [0.717, 1.165) is 6.42 Å². The largest absolute Gasteiger partial charge is 0.478 e. The van der Waals surface area contributed by atoms with Gasteiger partial charge in [-0.2, -0.15) is 0 Å². The van der Waals surface area contributed by atoms with Gasteiger partial charge in [0.25, 0.3) is 0 Å². The monoisotopic (exact) mass is 232 g/mol. The number of aliphatic carboxylic acids is 1. The van der Waals surface area contributed by atoms with E-state index in [0.29, 0.717) is 24.2 Å². The summed E-state index contributed by atoms with van der Waals surface area (Å²) in [5.41, 5.74) is -0.395. The predicted molar refractivity (Wildman–Crippen MR) is 60.0 cm³/mol. The molecule has 2 aromatic rings. The van der Waals surface area contributed by atoms with Gasteiger partial charge in [-0.1, -0.05) is 0 Å². The quantitative estimate of drug-likeness (QED) is 0.875. The van der Waals surface area contributed by atoms with Gasteiger partial charge in [0.1, 0.15) is 0 Å². The first-order valence-corrected chi connectivity index (χ1v) is 5.55. The highest BCUT2D eigenvalue weighted by atomic mass is 16.5. The molecule has 5 nitrogen and oxygen atoms in total. The van der Waals surface area contributed by atoms with Gasteiger partial charge < -0.3 is 14.2 Å². The average Bonchev–Trinajstić information content (AvgIpc) is 2.71. The van der Waals surface area contributed by atoms with E-state index in [9.17, 15) is 9.90 Å². The molecule has 88 valence electrons. The van der Waals surface area contributed by atoms with Crippen molar-refractivity contribution in [2.24, 2.45) is 0 Å².